The van der Waals surface area contributed by atoms with Crippen LogP contribution in [-0.2, 0) is 26.1 Å². The smallest absolute Gasteiger partial charge is 0.387 e. The highest BCUT2D eigenvalue weighted by Crippen LogP contribution is 2.25. The first-order valence-electron chi connectivity index (χ1n) is 10.8. The average molecular weight is 490 g/mol. The number of benzene rings is 1. The Labute approximate surface area is 199 Å². The van der Waals surface area contributed by atoms with E-state index < -0.39 is 6.61 Å². The third kappa shape index (κ3) is 5.45. The van der Waals surface area contributed by atoms with E-state index in [1.165, 1.54) is 19.2 Å². The van der Waals surface area contributed by atoms with Gasteiger partial charge in [0.15, 0.2) is 0 Å². The minimum Gasteiger partial charge on any atom is -0.496 e. The van der Waals surface area contributed by atoms with Gasteiger partial charge in [-0.1, -0.05) is 18.2 Å². The van der Waals surface area contributed by atoms with Gasteiger partial charge in [0.05, 0.1) is 7.11 Å². The minimum atomic E-state index is -2.91. The number of halogens is 2. The Morgan fingerprint density at radius 2 is 2.00 bits per heavy atom. The van der Waals surface area contributed by atoms with E-state index in [4.69, 9.17) is 4.74 Å². The molecule has 0 saturated carbocycles. The lowest BCUT2D eigenvalue weighted by Crippen LogP contribution is -2.31. The van der Waals surface area contributed by atoms with E-state index in [9.17, 15) is 18.4 Å². The summed E-state index contributed by atoms with van der Waals surface area (Å²) in [6.45, 7) is -0.755. The van der Waals surface area contributed by atoms with Crippen molar-refractivity contribution in [2.45, 2.75) is 32.7 Å². The second kappa shape index (κ2) is 10.8. The first-order valence-corrected chi connectivity index (χ1v) is 11.8. The van der Waals surface area contributed by atoms with Gasteiger partial charge in [-0.25, -0.2) is 0 Å². The monoisotopic (exact) mass is 489 g/mol. The molecule has 3 aromatic rings. The molecule has 0 atom stereocenters. The van der Waals surface area contributed by atoms with Crippen molar-refractivity contribution in [1.29, 1.82) is 0 Å². The molecule has 4 rings (SSSR count). The number of ether oxygens (including phenoxy) is 2. The van der Waals surface area contributed by atoms with Crippen LogP contribution in [-0.4, -0.2) is 42.2 Å². The van der Waals surface area contributed by atoms with Crippen LogP contribution in [0.1, 0.15) is 27.2 Å². The lowest BCUT2D eigenvalue weighted by molar-refractivity contribution is -0.0507. The SMILES string of the molecule is COc1cc(=O)n2c(c1C(=O)NCc1ccsc1)CCN(Cc1ccccc1OC(F)F)CC2. The summed E-state index contributed by atoms with van der Waals surface area (Å²) >= 11 is 1.55. The number of para-hydroxylation sites is 1. The predicted molar refractivity (Wildman–Crippen MR) is 125 cm³/mol. The second-order valence-electron chi connectivity index (χ2n) is 7.85. The second-order valence-corrected chi connectivity index (χ2v) is 8.63. The summed E-state index contributed by atoms with van der Waals surface area (Å²) < 4.78 is 37.2. The predicted octanol–water partition coefficient (Wildman–Crippen LogP) is 3.51. The largest absolute Gasteiger partial charge is 0.496 e. The Morgan fingerprint density at radius 3 is 2.74 bits per heavy atom. The van der Waals surface area contributed by atoms with Crippen molar-refractivity contribution in [2.24, 2.45) is 0 Å². The van der Waals surface area contributed by atoms with Crippen molar-refractivity contribution in [1.82, 2.24) is 14.8 Å². The number of pyridine rings is 1. The number of methoxy groups -OCH3 is 1. The number of amides is 1. The van der Waals surface area contributed by atoms with Gasteiger partial charge in [-0.15, -0.1) is 0 Å². The molecule has 0 saturated heterocycles. The fourth-order valence-corrected chi connectivity index (χ4v) is 4.78. The Kier molecular flexibility index (Phi) is 7.59. The van der Waals surface area contributed by atoms with Crippen LogP contribution in [0.3, 0.4) is 0 Å². The van der Waals surface area contributed by atoms with Gasteiger partial charge < -0.3 is 19.4 Å². The van der Waals surface area contributed by atoms with Crippen LogP contribution in [0.5, 0.6) is 11.5 Å². The number of hydrogen-bond acceptors (Lipinski definition) is 6. The molecule has 0 spiro atoms. The van der Waals surface area contributed by atoms with Gasteiger partial charge in [0.2, 0.25) is 0 Å². The maximum Gasteiger partial charge on any atom is 0.387 e. The average Bonchev–Trinajstić information content (AvgIpc) is 3.25. The molecule has 1 aliphatic heterocycles. The Balaban J connectivity index is 1.56. The molecule has 3 heterocycles. The number of hydrogen-bond donors (Lipinski definition) is 1. The lowest BCUT2D eigenvalue weighted by Gasteiger charge is -2.21. The Morgan fingerprint density at radius 1 is 1.18 bits per heavy atom. The van der Waals surface area contributed by atoms with E-state index in [2.05, 4.69) is 15.0 Å². The van der Waals surface area contributed by atoms with E-state index in [-0.39, 0.29) is 23.0 Å². The van der Waals surface area contributed by atoms with Gasteiger partial charge in [-0.3, -0.25) is 14.5 Å². The molecule has 1 amide bonds. The van der Waals surface area contributed by atoms with Gasteiger partial charge in [0.1, 0.15) is 17.1 Å². The number of nitrogens with zero attached hydrogens (tertiary/aromatic N) is 2. The zero-order valence-corrected chi connectivity index (χ0v) is 19.4. The number of carbonyl (C=O) groups is 1. The fraction of sp³-hybridized carbons (Fsp3) is 0.333. The van der Waals surface area contributed by atoms with Crippen LogP contribution in [0.25, 0.3) is 0 Å². The number of rotatable bonds is 8. The van der Waals surface area contributed by atoms with Crippen molar-refractivity contribution < 1.29 is 23.0 Å². The molecule has 0 radical (unpaired) electrons. The third-order valence-corrected chi connectivity index (χ3v) is 6.48. The minimum absolute atomic E-state index is 0.131. The van der Waals surface area contributed by atoms with E-state index in [0.717, 1.165) is 5.56 Å². The third-order valence-electron chi connectivity index (χ3n) is 5.75. The highest BCUT2D eigenvalue weighted by Gasteiger charge is 2.25. The summed E-state index contributed by atoms with van der Waals surface area (Å²) in [5, 5.41) is 6.81. The van der Waals surface area contributed by atoms with Crippen molar-refractivity contribution in [3.05, 3.63) is 79.9 Å². The van der Waals surface area contributed by atoms with E-state index in [1.54, 1.807) is 34.1 Å². The molecule has 10 heteroatoms. The highest BCUT2D eigenvalue weighted by atomic mass is 32.1. The Bertz CT molecular complexity index is 1200. The molecule has 0 fully saturated rings. The summed E-state index contributed by atoms with van der Waals surface area (Å²) in [5.74, 6) is 0.0609. The maximum absolute atomic E-state index is 13.1. The van der Waals surface area contributed by atoms with Gasteiger partial charge >= 0.3 is 6.61 Å². The summed E-state index contributed by atoms with van der Waals surface area (Å²) in [6.07, 6.45) is 0.422. The topological polar surface area (TPSA) is 72.8 Å². The van der Waals surface area contributed by atoms with Gasteiger partial charge in [-0.05, 0) is 28.5 Å². The standard InChI is InChI=1S/C24H25F2N3O4S/c1-32-20-12-21(30)29-10-9-28(14-17-4-2-3-5-19(17)33-24(25)26)8-6-18(29)22(20)23(31)27-13-16-7-11-34-15-16/h2-5,7,11-12,15,24H,6,8-10,13-14H2,1H3,(H,27,31). The van der Waals surface area contributed by atoms with Crippen LogP contribution >= 0.6 is 11.3 Å². The van der Waals surface area contributed by atoms with Crippen molar-refractivity contribution in [3.63, 3.8) is 0 Å². The molecular weight excluding hydrogens is 464 g/mol. The molecule has 0 bridgehead atoms. The first-order chi connectivity index (χ1) is 16.5. The van der Waals surface area contributed by atoms with E-state index in [0.29, 0.717) is 56.0 Å². The number of carbonyl (C=O) groups excluding carboxylic acids is 1. The number of alkyl halides is 2. The summed E-state index contributed by atoms with van der Waals surface area (Å²) in [7, 11) is 1.43. The van der Waals surface area contributed by atoms with Crippen LogP contribution in [0.4, 0.5) is 8.78 Å². The van der Waals surface area contributed by atoms with Crippen molar-refractivity contribution >= 4 is 17.2 Å². The zero-order valence-electron chi connectivity index (χ0n) is 18.6. The molecule has 1 N–H and O–H groups in total. The molecule has 1 aromatic carbocycles. The highest BCUT2D eigenvalue weighted by molar-refractivity contribution is 7.07. The van der Waals surface area contributed by atoms with Crippen LogP contribution in [0.2, 0.25) is 0 Å². The van der Waals surface area contributed by atoms with Crippen LogP contribution < -0.4 is 20.3 Å². The van der Waals surface area contributed by atoms with Gasteiger partial charge in [0.25, 0.3) is 11.5 Å². The van der Waals surface area contributed by atoms with Gasteiger partial charge in [0, 0.05) is 56.5 Å². The van der Waals surface area contributed by atoms with Gasteiger partial charge in [-0.2, -0.15) is 20.1 Å². The molecule has 0 aliphatic carbocycles. The van der Waals surface area contributed by atoms with Crippen molar-refractivity contribution in [3.8, 4) is 11.5 Å². The molecule has 1 aliphatic rings. The van der Waals surface area contributed by atoms with E-state index >= 15 is 0 Å². The Hall–Kier alpha value is -3.24. The first kappa shape index (κ1) is 23.9. The number of aromatic nitrogens is 1. The van der Waals surface area contributed by atoms with Crippen LogP contribution in [0.15, 0.2) is 52.0 Å². The number of fused-ring (bicyclic) bond motifs is 1. The number of thiophene rings is 1. The molecule has 180 valence electrons. The normalized spacial score (nSPS) is 13.9. The molecule has 34 heavy (non-hydrogen) atoms. The molecule has 7 nitrogen and oxygen atoms in total. The summed E-state index contributed by atoms with van der Waals surface area (Å²) in [4.78, 5) is 28.0. The summed E-state index contributed by atoms with van der Waals surface area (Å²) in [5.41, 5.74) is 2.33. The van der Waals surface area contributed by atoms with Crippen molar-refractivity contribution in [2.75, 3.05) is 20.2 Å². The number of nitrogens with one attached hydrogen (secondary N) is 1. The molecular formula is C24H25F2N3O4S. The zero-order chi connectivity index (χ0) is 24.1. The molecule has 2 aromatic heterocycles. The fourth-order valence-electron chi connectivity index (χ4n) is 4.11. The van der Waals surface area contributed by atoms with Crippen LogP contribution in [0, 0.1) is 0 Å². The summed E-state index contributed by atoms with van der Waals surface area (Å²) in [6, 6.07) is 9.95. The van der Waals surface area contributed by atoms with E-state index in [1.807, 2.05) is 16.8 Å². The quantitative estimate of drug-likeness (QED) is 0.524. The molecule has 0 unspecified atom stereocenters. The maximum atomic E-state index is 13.1. The lowest BCUT2D eigenvalue weighted by atomic mass is 10.1.